The Morgan fingerprint density at radius 2 is 1.77 bits per heavy atom. The predicted octanol–water partition coefficient (Wildman–Crippen LogP) is 3.76. The fourth-order valence-electron chi connectivity index (χ4n) is 6.48. The summed E-state index contributed by atoms with van der Waals surface area (Å²) in [5, 5.41) is 11.5. The second kappa shape index (κ2) is 13.3. The lowest BCUT2D eigenvalue weighted by atomic mass is 9.79. The second-order valence-electron chi connectivity index (χ2n) is 12.4. The normalized spacial score (nSPS) is 19.3. The third-order valence-corrected chi connectivity index (χ3v) is 9.10. The van der Waals surface area contributed by atoms with Gasteiger partial charge in [-0.25, -0.2) is 9.37 Å². The summed E-state index contributed by atoms with van der Waals surface area (Å²) in [4.78, 5) is 52.4. The van der Waals surface area contributed by atoms with E-state index in [0.29, 0.717) is 38.2 Å². The summed E-state index contributed by atoms with van der Waals surface area (Å²) in [5.74, 6) is -0.895. The van der Waals surface area contributed by atoms with Crippen LogP contribution in [0.4, 0.5) is 10.1 Å². The zero-order valence-corrected chi connectivity index (χ0v) is 26.1. The Kier molecular flexibility index (Phi) is 9.04. The number of hydrogen-bond acceptors (Lipinski definition) is 8. The van der Waals surface area contributed by atoms with Crippen LogP contribution in [0.3, 0.4) is 0 Å². The molecule has 4 heterocycles. The molecule has 2 amide bonds. The number of ether oxygens (including phenoxy) is 1. The predicted molar refractivity (Wildman–Crippen MR) is 172 cm³/mol. The molecule has 3 N–H and O–H groups in total. The van der Waals surface area contributed by atoms with E-state index in [1.807, 2.05) is 43.3 Å². The SMILES string of the molecule is Cc1cncc(C(=O)N2CC[C@@H](C(=O)N3CCC(O)(Cn4cnc(Oc5ccc(F)cc5)c(N)c4=O)CC3)[C@H](c3ccccc3)C2)c1. The van der Waals surface area contributed by atoms with Crippen molar-refractivity contribution in [3.8, 4) is 11.6 Å². The Balaban J connectivity index is 1.11. The summed E-state index contributed by atoms with van der Waals surface area (Å²) in [6, 6.07) is 16.9. The first-order valence-corrected chi connectivity index (χ1v) is 15.7. The minimum Gasteiger partial charge on any atom is -0.437 e. The number of hydrogen-bond donors (Lipinski definition) is 2. The van der Waals surface area contributed by atoms with E-state index in [2.05, 4.69) is 9.97 Å². The molecule has 0 unspecified atom stereocenters. The highest BCUT2D eigenvalue weighted by Crippen LogP contribution is 2.36. The molecule has 0 aliphatic carbocycles. The lowest BCUT2D eigenvalue weighted by Crippen LogP contribution is -2.53. The van der Waals surface area contributed by atoms with Crippen LogP contribution in [-0.2, 0) is 11.3 Å². The van der Waals surface area contributed by atoms with Crippen LogP contribution in [0.25, 0.3) is 0 Å². The van der Waals surface area contributed by atoms with Crippen molar-refractivity contribution in [2.45, 2.75) is 44.2 Å². The number of amides is 2. The lowest BCUT2D eigenvalue weighted by molar-refractivity contribution is -0.142. The van der Waals surface area contributed by atoms with Gasteiger partial charge in [-0.1, -0.05) is 30.3 Å². The van der Waals surface area contributed by atoms with Gasteiger partial charge in [0.15, 0.2) is 5.69 Å². The lowest BCUT2D eigenvalue weighted by Gasteiger charge is -2.43. The summed E-state index contributed by atoms with van der Waals surface area (Å²) in [6.07, 6.45) is 5.57. The first-order chi connectivity index (χ1) is 22.6. The number of nitrogen functional groups attached to an aromatic ring is 1. The number of aliphatic hydroxyl groups is 1. The number of aromatic nitrogens is 3. The molecule has 0 saturated carbocycles. The van der Waals surface area contributed by atoms with Crippen molar-refractivity contribution in [2.75, 3.05) is 31.9 Å². The number of halogens is 1. The summed E-state index contributed by atoms with van der Waals surface area (Å²) < 4.78 is 20.0. The number of piperidine rings is 2. The van der Waals surface area contributed by atoms with Gasteiger partial charge in [0.05, 0.1) is 17.7 Å². The zero-order valence-electron chi connectivity index (χ0n) is 26.1. The van der Waals surface area contributed by atoms with Crippen molar-refractivity contribution < 1.29 is 23.8 Å². The van der Waals surface area contributed by atoms with E-state index < -0.39 is 17.0 Å². The van der Waals surface area contributed by atoms with Crippen LogP contribution in [-0.4, -0.2) is 73.0 Å². The summed E-state index contributed by atoms with van der Waals surface area (Å²) in [5.41, 5.74) is 6.39. The van der Waals surface area contributed by atoms with Crippen LogP contribution in [0.5, 0.6) is 11.6 Å². The van der Waals surface area contributed by atoms with E-state index in [1.54, 1.807) is 22.2 Å². The average molecular weight is 641 g/mol. The maximum Gasteiger partial charge on any atom is 0.280 e. The Bertz CT molecular complexity index is 1810. The molecule has 2 aliphatic heterocycles. The van der Waals surface area contributed by atoms with Crippen molar-refractivity contribution in [3.05, 3.63) is 112 Å². The number of rotatable bonds is 7. The highest BCUT2D eigenvalue weighted by molar-refractivity contribution is 5.94. The molecule has 47 heavy (non-hydrogen) atoms. The van der Waals surface area contributed by atoms with Crippen LogP contribution in [0.15, 0.2) is 84.2 Å². The molecule has 244 valence electrons. The summed E-state index contributed by atoms with van der Waals surface area (Å²) >= 11 is 0. The maximum atomic E-state index is 14.0. The highest BCUT2D eigenvalue weighted by Gasteiger charge is 2.41. The minimum absolute atomic E-state index is 0.00408. The molecule has 6 rings (SSSR count). The van der Waals surface area contributed by atoms with Crippen molar-refractivity contribution in [1.82, 2.24) is 24.3 Å². The van der Waals surface area contributed by atoms with Crippen LogP contribution < -0.4 is 16.0 Å². The summed E-state index contributed by atoms with van der Waals surface area (Å²) in [7, 11) is 0. The van der Waals surface area contributed by atoms with Crippen molar-refractivity contribution >= 4 is 17.5 Å². The fraction of sp³-hybridized carbons (Fsp3) is 0.343. The van der Waals surface area contributed by atoms with E-state index in [0.717, 1.165) is 11.1 Å². The van der Waals surface area contributed by atoms with Gasteiger partial charge in [0.1, 0.15) is 17.9 Å². The quantitative estimate of drug-likeness (QED) is 0.311. The molecule has 2 aliphatic rings. The van der Waals surface area contributed by atoms with Gasteiger partial charge in [0, 0.05) is 50.4 Å². The third kappa shape index (κ3) is 7.02. The standard InChI is InChI=1S/C35H37FN6O5/c1-23-17-25(19-38-18-23)32(43)41-14-11-28(29(20-41)24-5-3-2-4-6-24)33(44)40-15-12-35(46,13-16-40)21-42-22-39-31(30(37)34(42)45)47-27-9-7-26(36)8-10-27/h2-10,17-19,22,28-29,46H,11-16,20-21,37H2,1H3/t28-,29+/m1/s1. The number of nitrogens with two attached hydrogens (primary N) is 1. The monoisotopic (exact) mass is 640 g/mol. The van der Waals surface area contributed by atoms with E-state index >= 15 is 0 Å². The van der Waals surface area contributed by atoms with Crippen molar-refractivity contribution in [3.63, 3.8) is 0 Å². The average Bonchev–Trinajstić information content (AvgIpc) is 3.09. The highest BCUT2D eigenvalue weighted by atomic mass is 19.1. The van der Waals surface area contributed by atoms with Crippen LogP contribution in [0.1, 0.15) is 46.7 Å². The van der Waals surface area contributed by atoms with Gasteiger partial charge in [0.2, 0.25) is 11.8 Å². The number of carbonyl (C=O) groups excluding carboxylic acids is 2. The topological polar surface area (TPSA) is 144 Å². The van der Waals surface area contributed by atoms with Gasteiger partial charge in [-0.2, -0.15) is 0 Å². The van der Waals surface area contributed by atoms with Gasteiger partial charge >= 0.3 is 0 Å². The second-order valence-corrected chi connectivity index (χ2v) is 12.4. The van der Waals surface area contributed by atoms with Gasteiger partial charge in [0.25, 0.3) is 11.5 Å². The fourth-order valence-corrected chi connectivity index (χ4v) is 6.48. The molecule has 2 aromatic heterocycles. The Hall–Kier alpha value is -5.10. The third-order valence-electron chi connectivity index (χ3n) is 9.10. The number of aryl methyl sites for hydroxylation is 1. The van der Waals surface area contributed by atoms with Gasteiger partial charge in [-0.3, -0.25) is 23.9 Å². The number of pyridine rings is 1. The zero-order chi connectivity index (χ0) is 33.1. The molecule has 2 atom stereocenters. The Morgan fingerprint density at radius 3 is 2.47 bits per heavy atom. The molecule has 0 spiro atoms. The van der Waals surface area contributed by atoms with Gasteiger partial charge < -0.3 is 25.4 Å². The van der Waals surface area contributed by atoms with Crippen molar-refractivity contribution in [1.29, 1.82) is 0 Å². The maximum absolute atomic E-state index is 14.0. The molecular formula is C35H37FN6O5. The first-order valence-electron chi connectivity index (χ1n) is 15.7. The van der Waals surface area contributed by atoms with Crippen LogP contribution in [0, 0.1) is 18.7 Å². The molecule has 11 nitrogen and oxygen atoms in total. The van der Waals surface area contributed by atoms with Gasteiger partial charge in [-0.05, 0) is 67.6 Å². The molecule has 2 fully saturated rings. The Morgan fingerprint density at radius 1 is 1.04 bits per heavy atom. The molecule has 2 saturated heterocycles. The van der Waals surface area contributed by atoms with Crippen LogP contribution in [0.2, 0.25) is 0 Å². The van der Waals surface area contributed by atoms with Crippen molar-refractivity contribution in [2.24, 2.45) is 5.92 Å². The number of benzene rings is 2. The smallest absolute Gasteiger partial charge is 0.280 e. The van der Waals surface area contributed by atoms with E-state index in [9.17, 15) is 23.9 Å². The van der Waals surface area contributed by atoms with E-state index in [-0.39, 0.29) is 60.4 Å². The molecule has 0 radical (unpaired) electrons. The molecule has 0 bridgehead atoms. The molecule has 4 aromatic rings. The minimum atomic E-state index is -1.26. The number of anilines is 1. The molecule has 2 aromatic carbocycles. The molecule has 12 heteroatoms. The number of nitrogens with zero attached hydrogens (tertiary/aromatic N) is 5. The van der Waals surface area contributed by atoms with E-state index in [4.69, 9.17) is 10.5 Å². The van der Waals surface area contributed by atoms with Crippen LogP contribution >= 0.6 is 0 Å². The van der Waals surface area contributed by atoms with E-state index in [1.165, 1.54) is 35.2 Å². The van der Waals surface area contributed by atoms with Gasteiger partial charge in [-0.15, -0.1) is 0 Å². The number of likely N-dealkylation sites (tertiary alicyclic amines) is 2. The first kappa shape index (κ1) is 31.9. The number of carbonyl (C=O) groups is 2. The molecular weight excluding hydrogens is 603 g/mol. The largest absolute Gasteiger partial charge is 0.437 e. The summed E-state index contributed by atoms with van der Waals surface area (Å²) in [6.45, 7) is 3.33. The Labute approximate surface area is 271 Å².